The molecule has 9 heteroatoms. The van der Waals surface area contributed by atoms with Crippen molar-refractivity contribution in [1.29, 1.82) is 0 Å². The zero-order valence-corrected chi connectivity index (χ0v) is 18.2. The summed E-state index contributed by atoms with van der Waals surface area (Å²) in [6, 6.07) is 8.95. The Hall–Kier alpha value is -2.88. The third-order valence-electron chi connectivity index (χ3n) is 5.49. The molecule has 1 aromatic carbocycles. The molecule has 1 aliphatic rings. The van der Waals surface area contributed by atoms with Crippen molar-refractivity contribution in [3.63, 3.8) is 0 Å². The molecule has 0 saturated carbocycles. The van der Waals surface area contributed by atoms with Gasteiger partial charge in [0.1, 0.15) is 17.4 Å². The topological polar surface area (TPSA) is 68.1 Å². The number of pyridine rings is 1. The number of hydrogen-bond donors (Lipinski definition) is 1. The van der Waals surface area contributed by atoms with Gasteiger partial charge in [-0.15, -0.1) is 10.2 Å². The van der Waals surface area contributed by atoms with E-state index < -0.39 is 0 Å². The number of benzene rings is 1. The molecule has 0 bridgehead atoms. The summed E-state index contributed by atoms with van der Waals surface area (Å²) in [4.78, 5) is 7.06. The number of morpholine rings is 1. The molecule has 4 aromatic rings. The van der Waals surface area contributed by atoms with Gasteiger partial charge < -0.3 is 14.6 Å². The van der Waals surface area contributed by atoms with Gasteiger partial charge in [0.15, 0.2) is 0 Å². The van der Waals surface area contributed by atoms with Gasteiger partial charge in [-0.3, -0.25) is 9.88 Å². The van der Waals surface area contributed by atoms with Crippen LogP contribution in [0.4, 0.5) is 15.2 Å². The highest BCUT2D eigenvalue weighted by Crippen LogP contribution is 2.28. The lowest BCUT2D eigenvalue weighted by atomic mass is 10.1. The maximum atomic E-state index is 13.8. The summed E-state index contributed by atoms with van der Waals surface area (Å²) in [5.41, 5.74) is 6.57. The number of ether oxygens (including phenoxy) is 1. The van der Waals surface area contributed by atoms with Crippen molar-refractivity contribution in [2.45, 2.75) is 19.6 Å². The zero-order valence-electron chi connectivity index (χ0n) is 17.4. The summed E-state index contributed by atoms with van der Waals surface area (Å²) in [7, 11) is 2.00. The summed E-state index contributed by atoms with van der Waals surface area (Å²) in [5.74, 6) is -0.209. The fraction of sp³-hybridized carbons (Fsp3) is 0.318. The van der Waals surface area contributed by atoms with Gasteiger partial charge in [-0.05, 0) is 42.8 Å². The van der Waals surface area contributed by atoms with Gasteiger partial charge >= 0.3 is 0 Å². The average molecular weight is 439 g/mol. The van der Waals surface area contributed by atoms with Crippen molar-refractivity contribution in [3.05, 3.63) is 64.8 Å². The molecule has 4 heterocycles. The smallest absolute Gasteiger partial charge is 0.209 e. The highest BCUT2D eigenvalue weighted by atomic mass is 32.1. The molecule has 31 heavy (non-hydrogen) atoms. The van der Waals surface area contributed by atoms with Crippen LogP contribution in [-0.2, 0) is 18.3 Å². The Bertz CT molecular complexity index is 1210. The van der Waals surface area contributed by atoms with E-state index in [1.807, 2.05) is 32.2 Å². The predicted molar refractivity (Wildman–Crippen MR) is 119 cm³/mol. The zero-order chi connectivity index (χ0) is 21.4. The van der Waals surface area contributed by atoms with Gasteiger partial charge in [0.05, 0.1) is 12.3 Å². The highest BCUT2D eigenvalue weighted by molar-refractivity contribution is 7.13. The first kappa shape index (κ1) is 20.0. The van der Waals surface area contributed by atoms with Crippen LogP contribution in [0.5, 0.6) is 0 Å². The van der Waals surface area contributed by atoms with Gasteiger partial charge in [0.25, 0.3) is 0 Å². The third kappa shape index (κ3) is 4.30. The molecule has 1 N–H and O–H groups in total. The van der Waals surface area contributed by atoms with Crippen molar-refractivity contribution in [3.8, 4) is 0 Å². The lowest BCUT2D eigenvalue weighted by Crippen LogP contribution is -2.38. The van der Waals surface area contributed by atoms with E-state index in [-0.39, 0.29) is 11.9 Å². The minimum Gasteiger partial charge on any atom is -0.369 e. The molecule has 7 nitrogen and oxygen atoms in total. The largest absolute Gasteiger partial charge is 0.369 e. The van der Waals surface area contributed by atoms with Gasteiger partial charge in [-0.25, -0.2) is 4.39 Å². The van der Waals surface area contributed by atoms with Crippen LogP contribution in [0.3, 0.4) is 0 Å². The van der Waals surface area contributed by atoms with E-state index in [2.05, 4.69) is 31.2 Å². The van der Waals surface area contributed by atoms with Crippen LogP contribution in [0.2, 0.25) is 0 Å². The van der Waals surface area contributed by atoms with Gasteiger partial charge in [0, 0.05) is 55.2 Å². The Morgan fingerprint density at radius 1 is 1.29 bits per heavy atom. The summed E-state index contributed by atoms with van der Waals surface area (Å²) in [5, 5.41) is 12.9. The Morgan fingerprint density at radius 3 is 3.03 bits per heavy atom. The molecule has 1 fully saturated rings. The maximum Gasteiger partial charge on any atom is 0.209 e. The van der Waals surface area contributed by atoms with E-state index in [1.165, 1.54) is 17.4 Å². The Morgan fingerprint density at radius 2 is 2.19 bits per heavy atom. The number of fused-ring (bicyclic) bond motifs is 1. The summed E-state index contributed by atoms with van der Waals surface area (Å²) < 4.78 is 22.0. The summed E-state index contributed by atoms with van der Waals surface area (Å²) >= 11 is 1.45. The Balaban J connectivity index is 1.35. The first-order chi connectivity index (χ1) is 15.0. The first-order valence-corrected chi connectivity index (χ1v) is 11.0. The molecule has 160 valence electrons. The molecular formula is C22H23FN6OS. The minimum absolute atomic E-state index is 0.129. The van der Waals surface area contributed by atoms with Crippen LogP contribution in [0.1, 0.15) is 23.1 Å². The van der Waals surface area contributed by atoms with Crippen molar-refractivity contribution >= 4 is 33.1 Å². The second-order valence-electron chi connectivity index (χ2n) is 7.81. The van der Waals surface area contributed by atoms with Crippen molar-refractivity contribution in [2.24, 2.45) is 7.05 Å². The molecule has 5 rings (SSSR count). The van der Waals surface area contributed by atoms with Crippen LogP contribution < -0.4 is 5.32 Å². The van der Waals surface area contributed by atoms with Gasteiger partial charge in [-0.1, -0.05) is 11.3 Å². The number of aromatic nitrogens is 4. The van der Waals surface area contributed by atoms with Gasteiger partial charge in [0.2, 0.25) is 5.13 Å². The van der Waals surface area contributed by atoms with E-state index in [0.717, 1.165) is 58.3 Å². The standard InChI is InChI=1S/C22H23FN6OS/c1-14-7-17(26-22-27-24-13-31-22)9-19(25-14)21-12-29(5-6-30-21)11-15-10-28(2)20-4-3-16(23)8-18(15)20/h3-4,7-10,13,21H,5-6,11-12H2,1-2H3,(H,25,26,27). The Labute approximate surface area is 183 Å². The quantitative estimate of drug-likeness (QED) is 0.504. The number of rotatable bonds is 5. The molecule has 3 aromatic heterocycles. The molecular weight excluding hydrogens is 415 g/mol. The van der Waals surface area contributed by atoms with E-state index >= 15 is 0 Å². The monoisotopic (exact) mass is 438 g/mol. The lowest BCUT2D eigenvalue weighted by molar-refractivity contribution is -0.0349. The van der Waals surface area contributed by atoms with Crippen molar-refractivity contribution in [2.75, 3.05) is 25.0 Å². The van der Waals surface area contributed by atoms with Crippen molar-refractivity contribution in [1.82, 2.24) is 24.6 Å². The highest BCUT2D eigenvalue weighted by Gasteiger charge is 2.25. The van der Waals surface area contributed by atoms with E-state index in [9.17, 15) is 4.39 Å². The number of nitrogens with zero attached hydrogens (tertiary/aromatic N) is 5. The second kappa shape index (κ2) is 8.33. The minimum atomic E-state index is -0.209. The summed E-state index contributed by atoms with van der Waals surface area (Å²) in [6.07, 6.45) is 1.96. The average Bonchev–Trinajstić information content (AvgIpc) is 3.36. The SMILES string of the molecule is Cc1cc(Nc2nncs2)cc(C2CN(Cc3cn(C)c4ccc(F)cc34)CCO2)n1. The number of anilines is 2. The third-order valence-corrected chi connectivity index (χ3v) is 6.10. The number of nitrogens with one attached hydrogen (secondary N) is 1. The fourth-order valence-corrected chi connectivity index (χ4v) is 4.59. The molecule has 0 aliphatic carbocycles. The van der Waals surface area contributed by atoms with E-state index in [4.69, 9.17) is 9.72 Å². The molecule has 1 saturated heterocycles. The molecule has 0 radical (unpaired) electrons. The summed E-state index contributed by atoms with van der Waals surface area (Å²) in [6.45, 7) is 4.88. The lowest BCUT2D eigenvalue weighted by Gasteiger charge is -2.32. The number of hydrogen-bond acceptors (Lipinski definition) is 7. The fourth-order valence-electron chi connectivity index (χ4n) is 4.12. The van der Waals surface area contributed by atoms with Crippen LogP contribution >= 0.6 is 11.3 Å². The van der Waals surface area contributed by atoms with E-state index in [1.54, 1.807) is 11.6 Å². The molecule has 1 aliphatic heterocycles. The molecule has 0 amide bonds. The van der Waals surface area contributed by atoms with Crippen LogP contribution in [0.25, 0.3) is 10.9 Å². The Kier molecular flexibility index (Phi) is 5.39. The van der Waals surface area contributed by atoms with E-state index in [0.29, 0.717) is 6.61 Å². The predicted octanol–water partition coefficient (Wildman–Crippen LogP) is 4.19. The number of halogens is 1. The van der Waals surface area contributed by atoms with Crippen LogP contribution in [0, 0.1) is 12.7 Å². The van der Waals surface area contributed by atoms with Crippen LogP contribution in [-0.4, -0.2) is 44.3 Å². The van der Waals surface area contributed by atoms with Crippen LogP contribution in [0.15, 0.2) is 42.0 Å². The number of aryl methyl sites for hydroxylation is 2. The van der Waals surface area contributed by atoms with Crippen molar-refractivity contribution < 1.29 is 9.13 Å². The second-order valence-corrected chi connectivity index (χ2v) is 8.65. The maximum absolute atomic E-state index is 13.8. The molecule has 1 unspecified atom stereocenters. The first-order valence-electron chi connectivity index (χ1n) is 10.1. The normalized spacial score (nSPS) is 17.3. The molecule has 1 atom stereocenters. The van der Waals surface area contributed by atoms with Gasteiger partial charge in [-0.2, -0.15) is 0 Å². The molecule has 0 spiro atoms.